The van der Waals surface area contributed by atoms with Gasteiger partial charge in [-0.3, -0.25) is 19.3 Å². The summed E-state index contributed by atoms with van der Waals surface area (Å²) >= 11 is 0. The fourth-order valence-corrected chi connectivity index (χ4v) is 4.48. The van der Waals surface area contributed by atoms with E-state index in [1.807, 2.05) is 0 Å². The summed E-state index contributed by atoms with van der Waals surface area (Å²) in [7, 11) is -3.78. The first kappa shape index (κ1) is 19.8. The molecule has 0 spiro atoms. The Bertz CT molecular complexity index is 1180. The van der Waals surface area contributed by atoms with Gasteiger partial charge in [0.1, 0.15) is 5.84 Å². The van der Waals surface area contributed by atoms with Gasteiger partial charge in [-0.25, -0.2) is 13.2 Å². The molecule has 0 saturated heterocycles. The number of sulfonamides is 1. The van der Waals surface area contributed by atoms with Crippen LogP contribution in [0.2, 0.25) is 0 Å². The van der Waals surface area contributed by atoms with Crippen LogP contribution in [0.4, 0.5) is 0 Å². The van der Waals surface area contributed by atoms with Crippen molar-refractivity contribution < 1.29 is 27.6 Å². The Hall–Kier alpha value is -3.53. The van der Waals surface area contributed by atoms with E-state index >= 15 is 0 Å². The number of hydrogen-bond donors (Lipinski definition) is 1. The van der Waals surface area contributed by atoms with Crippen molar-refractivity contribution in [1.29, 1.82) is 0 Å². The molecule has 0 aliphatic carbocycles. The van der Waals surface area contributed by atoms with Crippen LogP contribution in [0.5, 0.6) is 0 Å². The average molecular weight is 427 g/mol. The first-order valence-electron chi connectivity index (χ1n) is 9.10. The molecule has 0 radical (unpaired) electrons. The maximum atomic E-state index is 12.8. The molecule has 2 heterocycles. The Morgan fingerprint density at radius 1 is 0.967 bits per heavy atom. The van der Waals surface area contributed by atoms with E-state index in [0.29, 0.717) is 10.6 Å². The van der Waals surface area contributed by atoms with Gasteiger partial charge in [0.15, 0.2) is 6.04 Å². The first-order valence-corrected chi connectivity index (χ1v) is 10.6. The Labute approximate surface area is 172 Å². The van der Waals surface area contributed by atoms with Crippen molar-refractivity contribution in [2.24, 2.45) is 10.9 Å². The molecule has 2 aromatic rings. The van der Waals surface area contributed by atoms with Crippen molar-refractivity contribution in [3.05, 3.63) is 65.2 Å². The number of benzene rings is 2. The summed E-state index contributed by atoms with van der Waals surface area (Å²) in [5, 5.41) is 0.412. The molecular formula is C20H17N3O6S. The molecule has 154 valence electrons. The quantitative estimate of drug-likeness (QED) is 0.738. The maximum Gasteiger partial charge on any atom is 0.357 e. The summed E-state index contributed by atoms with van der Waals surface area (Å²) in [5.41, 5.74) is 0.608. The minimum atomic E-state index is -3.78. The number of amidine groups is 1. The Kier molecular flexibility index (Phi) is 4.65. The number of carbonyl (C=O) groups is 3. The number of rotatable bonds is 4. The number of fused-ring (bicyclic) bond motifs is 2. The van der Waals surface area contributed by atoms with Gasteiger partial charge in [0.25, 0.3) is 21.8 Å². The highest BCUT2D eigenvalue weighted by Crippen LogP contribution is 2.26. The summed E-state index contributed by atoms with van der Waals surface area (Å²) in [5.74, 6) is -2.84. The largest absolute Gasteiger partial charge is 0.357 e. The number of aliphatic imine (C=N–C) groups is 1. The smallest absolute Gasteiger partial charge is 0.327 e. The van der Waals surface area contributed by atoms with E-state index in [-0.39, 0.29) is 21.9 Å². The van der Waals surface area contributed by atoms with E-state index in [0.717, 1.165) is 0 Å². The number of carbonyl (C=O) groups excluding carboxylic acids is 3. The Morgan fingerprint density at radius 3 is 2.07 bits per heavy atom. The van der Waals surface area contributed by atoms with Crippen LogP contribution in [0.1, 0.15) is 40.1 Å². The van der Waals surface area contributed by atoms with E-state index in [1.54, 1.807) is 44.2 Å². The zero-order valence-corrected chi connectivity index (χ0v) is 16.8. The van der Waals surface area contributed by atoms with Gasteiger partial charge in [-0.1, -0.05) is 43.2 Å². The number of hydroxylamine groups is 2. The van der Waals surface area contributed by atoms with E-state index in [1.165, 1.54) is 18.2 Å². The normalized spacial score (nSPS) is 18.9. The molecule has 0 bridgehead atoms. The average Bonchev–Trinajstić information content (AvgIpc) is 3.11. The van der Waals surface area contributed by atoms with E-state index < -0.39 is 39.8 Å². The van der Waals surface area contributed by atoms with Crippen LogP contribution in [0.3, 0.4) is 0 Å². The second-order valence-corrected chi connectivity index (χ2v) is 8.78. The van der Waals surface area contributed by atoms with Gasteiger partial charge in [0, 0.05) is 5.56 Å². The summed E-state index contributed by atoms with van der Waals surface area (Å²) in [6.07, 6.45) is 0. The summed E-state index contributed by atoms with van der Waals surface area (Å²) in [4.78, 5) is 47.1. The minimum absolute atomic E-state index is 0.00334. The first-order chi connectivity index (χ1) is 14.2. The molecule has 4 rings (SSSR count). The predicted octanol–water partition coefficient (Wildman–Crippen LogP) is 1.50. The molecule has 2 amide bonds. The molecule has 0 saturated carbocycles. The van der Waals surface area contributed by atoms with E-state index in [2.05, 4.69) is 9.71 Å². The number of nitrogens with one attached hydrogen (secondary N) is 1. The number of amides is 2. The second kappa shape index (κ2) is 7.06. The molecule has 30 heavy (non-hydrogen) atoms. The lowest BCUT2D eigenvalue weighted by Gasteiger charge is -2.19. The molecule has 0 fully saturated rings. The van der Waals surface area contributed by atoms with Crippen LogP contribution in [-0.2, 0) is 19.7 Å². The molecule has 10 heteroatoms. The predicted molar refractivity (Wildman–Crippen MR) is 105 cm³/mol. The molecule has 0 aromatic heterocycles. The highest BCUT2D eigenvalue weighted by Gasteiger charge is 2.41. The Balaban J connectivity index is 1.63. The van der Waals surface area contributed by atoms with Crippen LogP contribution in [-0.4, -0.2) is 43.1 Å². The fraction of sp³-hybridized carbons (Fsp3) is 0.200. The van der Waals surface area contributed by atoms with Crippen LogP contribution >= 0.6 is 0 Å². The molecule has 1 unspecified atom stereocenters. The molecule has 2 aromatic carbocycles. The number of hydrogen-bond acceptors (Lipinski definition) is 7. The van der Waals surface area contributed by atoms with Crippen molar-refractivity contribution in [2.45, 2.75) is 24.8 Å². The van der Waals surface area contributed by atoms with Gasteiger partial charge in [-0.15, -0.1) is 0 Å². The lowest BCUT2D eigenvalue weighted by Crippen LogP contribution is -2.39. The number of nitrogens with zero attached hydrogens (tertiary/aromatic N) is 2. The SMILES string of the molecule is CC(C)C(N=C1NS(=O)(=O)c2ccccc21)C(=O)ON1C(=O)c2ccccc2C1=O. The lowest BCUT2D eigenvalue weighted by atomic mass is 10.1. The van der Waals surface area contributed by atoms with Crippen LogP contribution < -0.4 is 4.72 Å². The molecule has 1 N–H and O–H groups in total. The highest BCUT2D eigenvalue weighted by molar-refractivity contribution is 7.90. The van der Waals surface area contributed by atoms with Crippen LogP contribution in [0, 0.1) is 5.92 Å². The van der Waals surface area contributed by atoms with Crippen molar-refractivity contribution in [1.82, 2.24) is 9.79 Å². The second-order valence-electron chi connectivity index (χ2n) is 7.13. The third-order valence-corrected chi connectivity index (χ3v) is 6.14. The van der Waals surface area contributed by atoms with Gasteiger partial charge in [-0.05, 0) is 30.2 Å². The maximum absolute atomic E-state index is 12.8. The van der Waals surface area contributed by atoms with Crippen molar-refractivity contribution in [3.8, 4) is 0 Å². The third kappa shape index (κ3) is 3.14. The molecule has 2 aliphatic rings. The monoisotopic (exact) mass is 427 g/mol. The van der Waals surface area contributed by atoms with Crippen LogP contribution in [0.25, 0.3) is 0 Å². The molecule has 1 atom stereocenters. The van der Waals surface area contributed by atoms with Crippen molar-refractivity contribution in [3.63, 3.8) is 0 Å². The van der Waals surface area contributed by atoms with Crippen molar-refractivity contribution >= 4 is 33.6 Å². The molecule has 9 nitrogen and oxygen atoms in total. The standard InChI is InChI=1S/C20H17N3O6S/c1-11(2)16(21-17-14-9-5-6-10-15(14)30(27,28)22-17)20(26)29-23-18(24)12-7-3-4-8-13(12)19(23)25/h3-11,16H,1-2H3,(H,21,22). The molecule has 2 aliphatic heterocycles. The van der Waals surface area contributed by atoms with Gasteiger partial charge >= 0.3 is 5.97 Å². The van der Waals surface area contributed by atoms with E-state index in [9.17, 15) is 22.8 Å². The van der Waals surface area contributed by atoms with Crippen LogP contribution in [0.15, 0.2) is 58.4 Å². The van der Waals surface area contributed by atoms with E-state index in [4.69, 9.17) is 4.84 Å². The summed E-state index contributed by atoms with van der Waals surface area (Å²) in [6.45, 7) is 3.38. The zero-order valence-electron chi connectivity index (χ0n) is 16.0. The highest BCUT2D eigenvalue weighted by atomic mass is 32.2. The van der Waals surface area contributed by atoms with Gasteiger partial charge < -0.3 is 4.84 Å². The summed E-state index contributed by atoms with van der Waals surface area (Å²) in [6, 6.07) is 11.2. The lowest BCUT2D eigenvalue weighted by molar-refractivity contribution is -0.171. The minimum Gasteiger partial charge on any atom is -0.327 e. The van der Waals surface area contributed by atoms with Crippen molar-refractivity contribution in [2.75, 3.05) is 0 Å². The van der Waals surface area contributed by atoms with Gasteiger partial charge in [-0.2, -0.15) is 0 Å². The number of imide groups is 1. The zero-order chi connectivity index (χ0) is 21.6. The molecular weight excluding hydrogens is 410 g/mol. The third-order valence-electron chi connectivity index (χ3n) is 4.74. The summed E-state index contributed by atoms with van der Waals surface area (Å²) < 4.78 is 26.9. The topological polar surface area (TPSA) is 122 Å². The van der Waals surface area contributed by atoms with Gasteiger partial charge in [0.2, 0.25) is 0 Å². The van der Waals surface area contributed by atoms with Gasteiger partial charge in [0.05, 0.1) is 16.0 Å². The Morgan fingerprint density at radius 2 is 1.50 bits per heavy atom. The fourth-order valence-electron chi connectivity index (χ4n) is 3.24.